The van der Waals surface area contributed by atoms with E-state index in [1.54, 1.807) is 27.7 Å². The molecule has 0 fully saturated rings. The van der Waals surface area contributed by atoms with Crippen LogP contribution in [0.5, 0.6) is 0 Å². The number of amides is 1. The Labute approximate surface area is 173 Å². The first-order valence-corrected chi connectivity index (χ1v) is 9.97. The van der Waals surface area contributed by atoms with Crippen molar-refractivity contribution in [3.63, 3.8) is 0 Å². The van der Waals surface area contributed by atoms with E-state index in [-0.39, 0.29) is 17.2 Å². The first-order chi connectivity index (χ1) is 14.4. The highest BCUT2D eigenvalue weighted by molar-refractivity contribution is 5.94. The van der Waals surface area contributed by atoms with Crippen molar-refractivity contribution in [2.75, 3.05) is 6.54 Å². The highest BCUT2D eigenvalue weighted by atomic mass is 16.6. The topological polar surface area (TPSA) is 98.3 Å². The minimum atomic E-state index is -0.500. The third-order valence-electron chi connectivity index (χ3n) is 5.19. The number of fused-ring (bicyclic) bond motifs is 1. The number of aromatic nitrogens is 2. The Hall–Kier alpha value is -3.55. The van der Waals surface area contributed by atoms with Crippen LogP contribution in [0.15, 0.2) is 53.3 Å². The van der Waals surface area contributed by atoms with E-state index < -0.39 is 11.0 Å². The van der Waals surface area contributed by atoms with Gasteiger partial charge in [-0.05, 0) is 44.5 Å². The quantitative estimate of drug-likeness (QED) is 0.436. The lowest BCUT2D eigenvalue weighted by Crippen LogP contribution is -2.38. The lowest BCUT2D eigenvalue weighted by molar-refractivity contribution is -0.384. The molecule has 156 valence electrons. The van der Waals surface area contributed by atoms with Crippen LogP contribution >= 0.6 is 0 Å². The van der Waals surface area contributed by atoms with Gasteiger partial charge >= 0.3 is 0 Å². The van der Waals surface area contributed by atoms with Crippen molar-refractivity contribution >= 4 is 22.5 Å². The molecule has 8 nitrogen and oxygen atoms in total. The maximum atomic E-state index is 13.2. The van der Waals surface area contributed by atoms with Gasteiger partial charge < -0.3 is 4.90 Å². The summed E-state index contributed by atoms with van der Waals surface area (Å²) >= 11 is 0. The molecule has 1 aromatic heterocycles. The third kappa shape index (κ3) is 3.80. The second-order valence-corrected chi connectivity index (χ2v) is 6.86. The van der Waals surface area contributed by atoms with Crippen LogP contribution in [0.1, 0.15) is 49.4 Å². The molecule has 0 radical (unpaired) electrons. The van der Waals surface area contributed by atoms with Gasteiger partial charge in [-0.2, -0.15) is 0 Å². The maximum Gasteiger partial charge on any atom is 0.269 e. The Morgan fingerprint density at radius 1 is 1.13 bits per heavy atom. The minimum absolute atomic E-state index is 0.0716. The Kier molecular flexibility index (Phi) is 6.25. The van der Waals surface area contributed by atoms with E-state index in [0.29, 0.717) is 41.8 Å². The monoisotopic (exact) mass is 408 g/mol. The van der Waals surface area contributed by atoms with Gasteiger partial charge in [-0.15, -0.1) is 0 Å². The minimum Gasteiger partial charge on any atom is -0.329 e. The fraction of sp³-hybridized carbons (Fsp3) is 0.318. The Morgan fingerprint density at radius 2 is 1.80 bits per heavy atom. The summed E-state index contributed by atoms with van der Waals surface area (Å²) in [5.74, 6) is 0.283. The van der Waals surface area contributed by atoms with Gasteiger partial charge in [0.15, 0.2) is 0 Å². The van der Waals surface area contributed by atoms with Gasteiger partial charge in [-0.1, -0.05) is 19.1 Å². The van der Waals surface area contributed by atoms with Crippen molar-refractivity contribution in [2.24, 2.45) is 0 Å². The molecular weight excluding hydrogens is 384 g/mol. The number of hydrogen-bond donors (Lipinski definition) is 0. The SMILES string of the molecule is CCC(c1nc2ccccc2c(=O)n1CC)N(CC)C(=O)c1ccc([N+](=O)[O-])cc1. The van der Waals surface area contributed by atoms with E-state index in [1.165, 1.54) is 24.3 Å². The Bertz CT molecular complexity index is 1140. The van der Waals surface area contributed by atoms with Crippen LogP contribution in [0.2, 0.25) is 0 Å². The molecule has 0 aliphatic carbocycles. The van der Waals surface area contributed by atoms with Crippen LogP contribution in [0, 0.1) is 10.1 Å². The second-order valence-electron chi connectivity index (χ2n) is 6.86. The zero-order valence-electron chi connectivity index (χ0n) is 17.2. The maximum absolute atomic E-state index is 13.2. The van der Waals surface area contributed by atoms with Crippen LogP contribution in [0.3, 0.4) is 0 Å². The highest BCUT2D eigenvalue weighted by Crippen LogP contribution is 2.26. The van der Waals surface area contributed by atoms with E-state index in [4.69, 9.17) is 4.98 Å². The molecule has 3 rings (SSSR count). The Balaban J connectivity index is 2.08. The molecule has 1 amide bonds. The summed E-state index contributed by atoms with van der Waals surface area (Å²) in [5, 5.41) is 11.4. The molecule has 8 heteroatoms. The summed E-state index contributed by atoms with van der Waals surface area (Å²) in [7, 11) is 0. The Morgan fingerprint density at radius 3 is 2.37 bits per heavy atom. The summed E-state index contributed by atoms with van der Waals surface area (Å²) in [6.45, 7) is 6.52. The predicted octanol–water partition coefficient (Wildman–Crippen LogP) is 3.94. The molecule has 0 saturated heterocycles. The van der Waals surface area contributed by atoms with E-state index >= 15 is 0 Å². The van der Waals surface area contributed by atoms with Crippen molar-refractivity contribution < 1.29 is 9.72 Å². The summed E-state index contributed by atoms with van der Waals surface area (Å²) in [6.07, 6.45) is 0.567. The first kappa shape index (κ1) is 21.2. The zero-order chi connectivity index (χ0) is 21.8. The molecule has 3 aromatic rings. The van der Waals surface area contributed by atoms with Crippen LogP contribution in [0.4, 0.5) is 5.69 Å². The van der Waals surface area contributed by atoms with Gasteiger partial charge in [-0.25, -0.2) is 4.98 Å². The van der Waals surface area contributed by atoms with E-state index in [9.17, 15) is 19.7 Å². The number of nitro benzene ring substituents is 1. The third-order valence-corrected chi connectivity index (χ3v) is 5.19. The fourth-order valence-electron chi connectivity index (χ4n) is 3.68. The van der Waals surface area contributed by atoms with Gasteiger partial charge in [0.05, 0.1) is 21.9 Å². The molecule has 2 aromatic carbocycles. The highest BCUT2D eigenvalue weighted by Gasteiger charge is 2.28. The molecule has 1 heterocycles. The number of carbonyl (C=O) groups excluding carboxylic acids is 1. The van der Waals surface area contributed by atoms with E-state index in [0.717, 1.165) is 0 Å². The van der Waals surface area contributed by atoms with Crippen LogP contribution in [0.25, 0.3) is 10.9 Å². The second kappa shape index (κ2) is 8.86. The van der Waals surface area contributed by atoms with E-state index in [2.05, 4.69) is 0 Å². The summed E-state index contributed by atoms with van der Waals surface area (Å²) < 4.78 is 1.61. The number of para-hydroxylation sites is 1. The van der Waals surface area contributed by atoms with E-state index in [1.807, 2.05) is 26.8 Å². The van der Waals surface area contributed by atoms with Crippen LogP contribution in [-0.4, -0.2) is 31.8 Å². The molecule has 1 unspecified atom stereocenters. The van der Waals surface area contributed by atoms with Gasteiger partial charge in [0.2, 0.25) is 0 Å². The van der Waals surface area contributed by atoms with Gasteiger partial charge in [0.25, 0.3) is 17.2 Å². The normalized spacial score (nSPS) is 12.0. The fourth-order valence-corrected chi connectivity index (χ4v) is 3.68. The van der Waals surface area contributed by atoms with Crippen molar-refractivity contribution in [1.82, 2.24) is 14.5 Å². The van der Waals surface area contributed by atoms with Gasteiger partial charge in [0.1, 0.15) is 5.82 Å². The van der Waals surface area contributed by atoms with Crippen molar-refractivity contribution in [1.29, 1.82) is 0 Å². The molecule has 0 N–H and O–H groups in total. The number of nitrogens with zero attached hydrogens (tertiary/aromatic N) is 4. The number of carbonyl (C=O) groups is 1. The van der Waals surface area contributed by atoms with Gasteiger partial charge in [-0.3, -0.25) is 24.3 Å². The predicted molar refractivity (Wildman–Crippen MR) is 115 cm³/mol. The smallest absolute Gasteiger partial charge is 0.269 e. The standard InChI is InChI=1S/C22H24N4O4/c1-4-19(20-23-18-10-8-7-9-17(18)22(28)25(20)6-3)24(5-2)21(27)15-11-13-16(14-12-15)26(29)30/h7-14,19H,4-6H2,1-3H3. The number of nitro groups is 1. The number of non-ortho nitro benzene ring substituents is 1. The molecular formula is C22H24N4O4. The van der Waals surface area contributed by atoms with Crippen LogP contribution < -0.4 is 5.56 Å². The molecule has 30 heavy (non-hydrogen) atoms. The molecule has 0 bridgehead atoms. The number of hydrogen-bond acceptors (Lipinski definition) is 5. The number of rotatable bonds is 7. The molecule has 0 aliphatic rings. The molecule has 0 saturated carbocycles. The summed E-state index contributed by atoms with van der Waals surface area (Å²) in [4.78, 5) is 43.0. The van der Waals surface area contributed by atoms with Crippen molar-refractivity contribution in [3.8, 4) is 0 Å². The lowest BCUT2D eigenvalue weighted by atomic mass is 10.1. The zero-order valence-corrected chi connectivity index (χ0v) is 17.2. The van der Waals surface area contributed by atoms with Gasteiger partial charge in [0, 0.05) is 30.8 Å². The average molecular weight is 408 g/mol. The lowest BCUT2D eigenvalue weighted by Gasteiger charge is -2.31. The largest absolute Gasteiger partial charge is 0.329 e. The molecule has 1 atom stereocenters. The number of benzene rings is 2. The molecule has 0 spiro atoms. The first-order valence-electron chi connectivity index (χ1n) is 9.97. The average Bonchev–Trinajstić information content (AvgIpc) is 2.77. The van der Waals surface area contributed by atoms with Crippen molar-refractivity contribution in [2.45, 2.75) is 39.8 Å². The summed E-state index contributed by atoms with van der Waals surface area (Å²) in [6, 6.07) is 12.3. The summed E-state index contributed by atoms with van der Waals surface area (Å²) in [5.41, 5.74) is 0.750. The molecule has 0 aliphatic heterocycles. The van der Waals surface area contributed by atoms with Crippen LogP contribution in [-0.2, 0) is 6.54 Å². The van der Waals surface area contributed by atoms with Crippen molar-refractivity contribution in [3.05, 3.63) is 80.4 Å².